The summed E-state index contributed by atoms with van der Waals surface area (Å²) < 4.78 is 34.7. The lowest BCUT2D eigenvalue weighted by molar-refractivity contribution is 0.414. The average molecular weight is 412 g/mol. The Balaban J connectivity index is 1.88. The van der Waals surface area contributed by atoms with Gasteiger partial charge in [-0.15, -0.1) is 0 Å². The van der Waals surface area contributed by atoms with Crippen molar-refractivity contribution in [1.29, 1.82) is 0 Å². The van der Waals surface area contributed by atoms with E-state index in [2.05, 4.69) is 9.71 Å². The summed E-state index contributed by atoms with van der Waals surface area (Å²) in [5, 5.41) is -0.0303. The molecule has 0 radical (unpaired) electrons. The minimum atomic E-state index is -3.87. The van der Waals surface area contributed by atoms with Crippen LogP contribution in [0.5, 0.6) is 5.75 Å². The first-order valence-corrected chi connectivity index (χ1v) is 9.76. The molecule has 3 aromatic rings. The molecular formula is C17H15Cl2N3O3S. The van der Waals surface area contributed by atoms with Gasteiger partial charge in [0.15, 0.2) is 0 Å². The van der Waals surface area contributed by atoms with Gasteiger partial charge >= 0.3 is 0 Å². The number of para-hydroxylation sites is 1. The predicted octanol–water partition coefficient (Wildman–Crippen LogP) is 3.67. The number of hydrogen-bond donors (Lipinski definition) is 1. The Morgan fingerprint density at radius 2 is 1.92 bits per heavy atom. The van der Waals surface area contributed by atoms with Crippen molar-refractivity contribution in [3.63, 3.8) is 0 Å². The lowest BCUT2D eigenvalue weighted by atomic mass is 10.2. The minimum absolute atomic E-state index is 0.0517. The molecule has 0 amide bonds. The number of nitrogens with zero attached hydrogens (tertiary/aromatic N) is 2. The maximum Gasteiger partial charge on any atom is 0.242 e. The SMILES string of the molecule is COc1ccc(S(=O)(=O)NCc2ccccc2-n2ccnc2)c(Cl)c1Cl. The molecule has 0 atom stereocenters. The minimum Gasteiger partial charge on any atom is -0.495 e. The highest BCUT2D eigenvalue weighted by atomic mass is 35.5. The Morgan fingerprint density at radius 3 is 2.62 bits per heavy atom. The molecule has 1 aromatic heterocycles. The number of halogens is 2. The number of sulfonamides is 1. The Labute approximate surface area is 161 Å². The summed E-state index contributed by atoms with van der Waals surface area (Å²) in [5.41, 5.74) is 1.61. The fourth-order valence-electron chi connectivity index (χ4n) is 2.44. The standard InChI is InChI=1S/C17H15Cl2N3O3S/c1-25-14-6-7-15(17(19)16(14)18)26(23,24)21-10-12-4-2-3-5-13(12)22-9-8-20-11-22/h2-9,11,21H,10H2,1H3. The number of methoxy groups -OCH3 is 1. The van der Waals surface area contributed by atoms with Crippen molar-refractivity contribution in [3.8, 4) is 11.4 Å². The van der Waals surface area contributed by atoms with E-state index < -0.39 is 10.0 Å². The van der Waals surface area contributed by atoms with E-state index in [0.29, 0.717) is 5.75 Å². The van der Waals surface area contributed by atoms with Crippen LogP contribution in [0.15, 0.2) is 60.0 Å². The van der Waals surface area contributed by atoms with Crippen LogP contribution >= 0.6 is 23.2 Å². The number of nitrogens with one attached hydrogen (secondary N) is 1. The Bertz CT molecular complexity index is 1020. The summed E-state index contributed by atoms with van der Waals surface area (Å²) in [6.45, 7) is 0.0800. The number of rotatable bonds is 6. The predicted molar refractivity (Wildman–Crippen MR) is 101 cm³/mol. The maximum absolute atomic E-state index is 12.7. The molecule has 0 fully saturated rings. The van der Waals surface area contributed by atoms with Gasteiger partial charge in [0.25, 0.3) is 0 Å². The molecular weight excluding hydrogens is 397 g/mol. The fraction of sp³-hybridized carbons (Fsp3) is 0.118. The van der Waals surface area contributed by atoms with Crippen molar-refractivity contribution in [3.05, 3.63) is 70.7 Å². The monoisotopic (exact) mass is 411 g/mol. The highest BCUT2D eigenvalue weighted by molar-refractivity contribution is 7.89. The van der Waals surface area contributed by atoms with Gasteiger partial charge in [-0.1, -0.05) is 41.4 Å². The number of imidazole rings is 1. The zero-order chi connectivity index (χ0) is 18.7. The molecule has 0 bridgehead atoms. The van der Waals surface area contributed by atoms with Crippen LogP contribution in [-0.4, -0.2) is 25.1 Å². The summed E-state index contributed by atoms with van der Waals surface area (Å²) in [6.07, 6.45) is 5.08. The number of benzene rings is 2. The van der Waals surface area contributed by atoms with Crippen molar-refractivity contribution < 1.29 is 13.2 Å². The molecule has 0 saturated carbocycles. The van der Waals surface area contributed by atoms with E-state index in [0.717, 1.165) is 11.3 Å². The van der Waals surface area contributed by atoms with Crippen molar-refractivity contribution in [2.45, 2.75) is 11.4 Å². The van der Waals surface area contributed by atoms with Gasteiger partial charge in [-0.2, -0.15) is 0 Å². The number of aromatic nitrogens is 2. The summed E-state index contributed by atoms with van der Waals surface area (Å²) >= 11 is 12.2. The van der Waals surface area contributed by atoms with Crippen LogP contribution in [0.4, 0.5) is 0 Å². The second kappa shape index (κ2) is 7.67. The molecule has 136 valence electrons. The van der Waals surface area contributed by atoms with E-state index in [4.69, 9.17) is 27.9 Å². The number of ether oxygens (including phenoxy) is 1. The molecule has 6 nitrogen and oxygen atoms in total. The lowest BCUT2D eigenvalue weighted by Gasteiger charge is -2.13. The van der Waals surface area contributed by atoms with Crippen LogP contribution in [0.1, 0.15) is 5.56 Å². The molecule has 0 aliphatic rings. The normalized spacial score (nSPS) is 11.5. The zero-order valence-corrected chi connectivity index (χ0v) is 16.0. The van der Waals surface area contributed by atoms with Crippen LogP contribution in [0, 0.1) is 0 Å². The van der Waals surface area contributed by atoms with Crippen molar-refractivity contribution in [2.75, 3.05) is 7.11 Å². The summed E-state index contributed by atoms with van der Waals surface area (Å²) in [6, 6.07) is 10.2. The van der Waals surface area contributed by atoms with Gasteiger partial charge in [-0.25, -0.2) is 18.1 Å². The second-order valence-corrected chi connectivity index (χ2v) is 7.81. The Kier molecular flexibility index (Phi) is 5.52. The Morgan fingerprint density at radius 1 is 1.15 bits per heavy atom. The van der Waals surface area contributed by atoms with Crippen LogP contribution < -0.4 is 9.46 Å². The number of hydrogen-bond acceptors (Lipinski definition) is 4. The highest BCUT2D eigenvalue weighted by Crippen LogP contribution is 2.36. The Hall–Kier alpha value is -2.06. The van der Waals surface area contributed by atoms with Crippen LogP contribution in [0.25, 0.3) is 5.69 Å². The molecule has 3 rings (SSSR count). The molecule has 26 heavy (non-hydrogen) atoms. The van der Waals surface area contributed by atoms with Crippen LogP contribution in [0.2, 0.25) is 10.0 Å². The van der Waals surface area contributed by atoms with E-state index in [1.165, 1.54) is 19.2 Å². The topological polar surface area (TPSA) is 73.2 Å². The summed E-state index contributed by atoms with van der Waals surface area (Å²) in [7, 11) is -2.44. The smallest absolute Gasteiger partial charge is 0.242 e. The van der Waals surface area contributed by atoms with E-state index >= 15 is 0 Å². The molecule has 9 heteroatoms. The van der Waals surface area contributed by atoms with Crippen LogP contribution in [-0.2, 0) is 16.6 Å². The summed E-state index contributed by atoms with van der Waals surface area (Å²) in [5.74, 6) is 0.307. The molecule has 0 saturated heterocycles. The van der Waals surface area contributed by atoms with Crippen molar-refractivity contribution in [2.24, 2.45) is 0 Å². The third-order valence-electron chi connectivity index (χ3n) is 3.75. The van der Waals surface area contributed by atoms with E-state index in [1.54, 1.807) is 23.3 Å². The van der Waals surface area contributed by atoms with Crippen LogP contribution in [0.3, 0.4) is 0 Å². The highest BCUT2D eigenvalue weighted by Gasteiger charge is 2.22. The van der Waals surface area contributed by atoms with Gasteiger partial charge in [0.1, 0.15) is 15.7 Å². The largest absolute Gasteiger partial charge is 0.495 e. The first kappa shape index (κ1) is 18.7. The first-order chi connectivity index (χ1) is 12.4. The molecule has 0 spiro atoms. The fourth-order valence-corrected chi connectivity index (χ4v) is 4.29. The quantitative estimate of drug-likeness (QED) is 0.671. The molecule has 0 aliphatic heterocycles. The van der Waals surface area contributed by atoms with Gasteiger partial charge in [0, 0.05) is 18.9 Å². The van der Waals surface area contributed by atoms with Gasteiger partial charge in [0.2, 0.25) is 10.0 Å². The van der Waals surface area contributed by atoms with Gasteiger partial charge in [-0.05, 0) is 23.8 Å². The first-order valence-electron chi connectivity index (χ1n) is 7.52. The third kappa shape index (κ3) is 3.71. The second-order valence-electron chi connectivity index (χ2n) is 5.32. The molecule has 0 unspecified atom stereocenters. The van der Waals surface area contributed by atoms with Crippen molar-refractivity contribution in [1.82, 2.24) is 14.3 Å². The zero-order valence-electron chi connectivity index (χ0n) is 13.7. The van der Waals surface area contributed by atoms with E-state index in [-0.39, 0.29) is 21.5 Å². The molecule has 1 N–H and O–H groups in total. The summed E-state index contributed by atoms with van der Waals surface area (Å²) in [4.78, 5) is 3.91. The molecule has 1 heterocycles. The third-order valence-corrected chi connectivity index (χ3v) is 6.17. The molecule has 0 aliphatic carbocycles. The van der Waals surface area contributed by atoms with Gasteiger partial charge < -0.3 is 9.30 Å². The average Bonchev–Trinajstić information content (AvgIpc) is 3.17. The lowest BCUT2D eigenvalue weighted by Crippen LogP contribution is -2.24. The van der Waals surface area contributed by atoms with Gasteiger partial charge in [-0.3, -0.25) is 0 Å². The van der Waals surface area contributed by atoms with E-state index in [1.807, 2.05) is 24.3 Å². The maximum atomic E-state index is 12.7. The molecule has 2 aromatic carbocycles. The van der Waals surface area contributed by atoms with E-state index in [9.17, 15) is 8.42 Å². The van der Waals surface area contributed by atoms with Gasteiger partial charge in [0.05, 0.1) is 24.1 Å². The van der Waals surface area contributed by atoms with Crippen molar-refractivity contribution >= 4 is 33.2 Å².